The summed E-state index contributed by atoms with van der Waals surface area (Å²) in [6.45, 7) is 0. The van der Waals surface area contributed by atoms with Crippen LogP contribution in [0.1, 0.15) is 0 Å². The lowest BCUT2D eigenvalue weighted by Crippen LogP contribution is -2.20. The average molecular weight is 210 g/mol. The Hall–Kier alpha value is -1.13. The Bertz CT molecular complexity index is 452. The monoisotopic (exact) mass is 210 g/mol. The van der Waals surface area contributed by atoms with E-state index < -0.39 is 10.1 Å². The Labute approximate surface area is 82.9 Å². The van der Waals surface area contributed by atoms with E-state index >= 15 is 0 Å². The maximum Gasteiger partial charge on any atom is 0.291 e. The molecule has 0 aliphatic heterocycles. The van der Waals surface area contributed by atoms with Crippen LogP contribution in [0.5, 0.6) is 0 Å². The van der Waals surface area contributed by atoms with Crippen molar-refractivity contribution >= 4 is 10.1 Å². The van der Waals surface area contributed by atoms with Crippen LogP contribution in [0.3, 0.4) is 0 Å². The van der Waals surface area contributed by atoms with Crippen molar-refractivity contribution < 1.29 is 13.0 Å². The van der Waals surface area contributed by atoms with Crippen molar-refractivity contribution in [2.45, 2.75) is 0 Å². The quantitative estimate of drug-likeness (QED) is 0.670. The third-order valence-electron chi connectivity index (χ3n) is 2.40. The van der Waals surface area contributed by atoms with Crippen molar-refractivity contribution in [2.24, 2.45) is 11.8 Å². The van der Waals surface area contributed by atoms with Crippen LogP contribution in [-0.2, 0) is 10.1 Å². The fourth-order valence-electron chi connectivity index (χ4n) is 1.74. The SMILES string of the molecule is O=S(=O)(O)C1=CC=CC2C=CC=CC12. The first-order valence-electron chi connectivity index (χ1n) is 4.30. The van der Waals surface area contributed by atoms with E-state index in [1.165, 1.54) is 6.08 Å². The summed E-state index contributed by atoms with van der Waals surface area (Å²) >= 11 is 0. The van der Waals surface area contributed by atoms with Gasteiger partial charge < -0.3 is 0 Å². The highest BCUT2D eigenvalue weighted by Crippen LogP contribution is 2.33. The lowest BCUT2D eigenvalue weighted by atomic mass is 9.85. The van der Waals surface area contributed by atoms with Crippen LogP contribution in [-0.4, -0.2) is 13.0 Å². The molecule has 74 valence electrons. The van der Waals surface area contributed by atoms with Gasteiger partial charge in [-0.25, -0.2) is 0 Å². The smallest absolute Gasteiger partial charge is 0.282 e. The van der Waals surface area contributed by atoms with E-state index in [-0.39, 0.29) is 16.7 Å². The zero-order valence-electron chi connectivity index (χ0n) is 7.37. The molecule has 2 rings (SSSR count). The van der Waals surface area contributed by atoms with Crippen molar-refractivity contribution in [1.29, 1.82) is 0 Å². The van der Waals surface area contributed by atoms with E-state index in [2.05, 4.69) is 0 Å². The van der Waals surface area contributed by atoms with Crippen molar-refractivity contribution in [1.82, 2.24) is 0 Å². The molecule has 0 fully saturated rings. The molecule has 1 N–H and O–H groups in total. The van der Waals surface area contributed by atoms with Gasteiger partial charge in [0.25, 0.3) is 10.1 Å². The minimum Gasteiger partial charge on any atom is -0.282 e. The molecule has 2 aliphatic carbocycles. The van der Waals surface area contributed by atoms with Gasteiger partial charge in [-0.1, -0.05) is 36.5 Å². The van der Waals surface area contributed by atoms with E-state index in [4.69, 9.17) is 4.55 Å². The van der Waals surface area contributed by atoms with Crippen LogP contribution in [0.4, 0.5) is 0 Å². The van der Waals surface area contributed by atoms with E-state index in [9.17, 15) is 8.42 Å². The first-order valence-corrected chi connectivity index (χ1v) is 5.74. The second-order valence-corrected chi connectivity index (χ2v) is 4.72. The van der Waals surface area contributed by atoms with Gasteiger partial charge in [0.1, 0.15) is 0 Å². The molecule has 2 atom stereocenters. The number of allylic oxidation sites excluding steroid dienone is 8. The van der Waals surface area contributed by atoms with E-state index in [0.717, 1.165) is 0 Å². The highest BCUT2D eigenvalue weighted by atomic mass is 32.2. The van der Waals surface area contributed by atoms with Crippen molar-refractivity contribution in [3.63, 3.8) is 0 Å². The van der Waals surface area contributed by atoms with E-state index in [0.29, 0.717) is 0 Å². The maximum atomic E-state index is 11.0. The van der Waals surface area contributed by atoms with E-state index in [1.54, 1.807) is 18.2 Å². The third kappa shape index (κ3) is 1.58. The average Bonchev–Trinajstić information content (AvgIpc) is 2.15. The summed E-state index contributed by atoms with van der Waals surface area (Å²) in [5.41, 5.74) is 0. The number of rotatable bonds is 1. The zero-order valence-corrected chi connectivity index (χ0v) is 8.18. The molecular weight excluding hydrogens is 200 g/mol. The summed E-state index contributed by atoms with van der Waals surface area (Å²) in [4.78, 5) is 0.0746. The van der Waals surface area contributed by atoms with Gasteiger partial charge in [0.05, 0.1) is 4.91 Å². The van der Waals surface area contributed by atoms with Crippen LogP contribution in [0, 0.1) is 11.8 Å². The van der Waals surface area contributed by atoms with Gasteiger partial charge in [-0.15, -0.1) is 0 Å². The fraction of sp³-hybridized carbons (Fsp3) is 0.200. The van der Waals surface area contributed by atoms with Gasteiger partial charge >= 0.3 is 0 Å². The van der Waals surface area contributed by atoms with Crippen LogP contribution in [0.2, 0.25) is 0 Å². The van der Waals surface area contributed by atoms with Gasteiger partial charge in [-0.3, -0.25) is 4.55 Å². The van der Waals surface area contributed by atoms with Gasteiger partial charge in [-0.2, -0.15) is 8.42 Å². The standard InChI is InChI=1S/C10H10O3S/c11-14(12,13)10-7-3-5-8-4-1-2-6-9(8)10/h1-9H,(H,11,12,13). The number of hydrogen-bond acceptors (Lipinski definition) is 2. The molecule has 2 aliphatic rings. The molecule has 0 aromatic carbocycles. The minimum absolute atomic E-state index is 0.0434. The predicted octanol–water partition coefficient (Wildman–Crippen LogP) is 1.69. The summed E-state index contributed by atoms with van der Waals surface area (Å²) in [6.07, 6.45) is 12.4. The molecule has 0 aromatic rings. The summed E-state index contributed by atoms with van der Waals surface area (Å²) in [5, 5.41) is 0. The molecule has 2 unspecified atom stereocenters. The summed E-state index contributed by atoms with van der Waals surface area (Å²) < 4.78 is 31.1. The zero-order chi connectivity index (χ0) is 10.2. The third-order valence-corrected chi connectivity index (χ3v) is 3.40. The number of fused-ring (bicyclic) bond motifs is 1. The molecule has 0 heterocycles. The molecular formula is C10H10O3S. The largest absolute Gasteiger partial charge is 0.291 e. The first kappa shape index (κ1) is 9.43. The van der Waals surface area contributed by atoms with Crippen LogP contribution >= 0.6 is 0 Å². The molecule has 0 saturated heterocycles. The minimum atomic E-state index is -4.07. The maximum absolute atomic E-state index is 11.0. The molecule has 3 nitrogen and oxygen atoms in total. The molecule has 0 amide bonds. The Morgan fingerprint density at radius 2 is 1.71 bits per heavy atom. The van der Waals surface area contributed by atoms with Gasteiger partial charge in [0.2, 0.25) is 0 Å². The van der Waals surface area contributed by atoms with Crippen LogP contribution in [0.25, 0.3) is 0 Å². The number of hydrogen-bond donors (Lipinski definition) is 1. The van der Waals surface area contributed by atoms with Crippen LogP contribution < -0.4 is 0 Å². The summed E-state index contributed by atoms with van der Waals surface area (Å²) in [7, 11) is -4.07. The van der Waals surface area contributed by atoms with Crippen molar-refractivity contribution in [2.75, 3.05) is 0 Å². The topological polar surface area (TPSA) is 54.4 Å². The lowest BCUT2D eigenvalue weighted by Gasteiger charge is -2.24. The van der Waals surface area contributed by atoms with Crippen molar-refractivity contribution in [3.05, 3.63) is 47.4 Å². The van der Waals surface area contributed by atoms with E-state index in [1.807, 2.05) is 18.2 Å². The van der Waals surface area contributed by atoms with Crippen LogP contribution in [0.15, 0.2) is 47.4 Å². The second-order valence-electron chi connectivity index (χ2n) is 3.30. The molecule has 0 bridgehead atoms. The second kappa shape index (κ2) is 3.22. The van der Waals surface area contributed by atoms with Gasteiger partial charge in [0, 0.05) is 11.8 Å². The highest BCUT2D eigenvalue weighted by molar-refractivity contribution is 7.89. The Balaban J connectivity index is 2.44. The molecule has 0 aromatic heterocycles. The highest BCUT2D eigenvalue weighted by Gasteiger charge is 2.29. The molecule has 14 heavy (non-hydrogen) atoms. The Kier molecular flexibility index (Phi) is 2.17. The molecule has 0 radical (unpaired) electrons. The Morgan fingerprint density at radius 3 is 2.43 bits per heavy atom. The molecule has 4 heteroatoms. The van der Waals surface area contributed by atoms with Gasteiger partial charge in [0.15, 0.2) is 0 Å². The lowest BCUT2D eigenvalue weighted by molar-refractivity contribution is 0.480. The van der Waals surface area contributed by atoms with Crippen molar-refractivity contribution in [3.8, 4) is 0 Å². The predicted molar refractivity (Wildman–Crippen MR) is 54.0 cm³/mol. The fourth-order valence-corrected chi connectivity index (χ4v) is 2.57. The molecule has 0 saturated carbocycles. The summed E-state index contributed by atoms with van der Waals surface area (Å²) in [5.74, 6) is -0.207. The normalized spacial score (nSPS) is 29.9. The first-order chi connectivity index (χ1) is 6.59. The summed E-state index contributed by atoms with van der Waals surface area (Å²) in [6, 6.07) is 0. The molecule has 0 spiro atoms. The van der Waals surface area contributed by atoms with Gasteiger partial charge in [-0.05, 0) is 6.08 Å². The Morgan fingerprint density at radius 1 is 1.07 bits per heavy atom.